The Labute approximate surface area is 104 Å². The summed E-state index contributed by atoms with van der Waals surface area (Å²) in [6, 6.07) is 8.36. The number of carboxylic acid groups (broad SMARTS) is 1. The Morgan fingerprint density at radius 2 is 1.76 bits per heavy atom. The smallest absolute Gasteiger partial charge is 0.303 e. The van der Waals surface area contributed by atoms with Crippen molar-refractivity contribution in [3.05, 3.63) is 35.4 Å². The molecule has 1 unspecified atom stereocenters. The second kappa shape index (κ2) is 6.43. The van der Waals surface area contributed by atoms with Crippen LogP contribution in [-0.2, 0) is 11.2 Å². The van der Waals surface area contributed by atoms with Gasteiger partial charge in [-0.3, -0.25) is 4.79 Å². The quantitative estimate of drug-likeness (QED) is 0.811. The summed E-state index contributed by atoms with van der Waals surface area (Å²) < 4.78 is 0. The highest BCUT2D eigenvalue weighted by Crippen LogP contribution is 2.20. The first-order valence-electron chi connectivity index (χ1n) is 6.29. The Morgan fingerprint density at radius 1 is 1.18 bits per heavy atom. The number of aryl methyl sites for hydroxylation is 1. The lowest BCUT2D eigenvalue weighted by atomic mass is 9.95. The normalized spacial score (nSPS) is 12.7. The van der Waals surface area contributed by atoms with Crippen LogP contribution < -0.4 is 0 Å². The van der Waals surface area contributed by atoms with Crippen molar-refractivity contribution in [3.63, 3.8) is 0 Å². The third-order valence-electron chi connectivity index (χ3n) is 3.04. The van der Waals surface area contributed by atoms with E-state index in [0.29, 0.717) is 0 Å². The fraction of sp³-hybridized carbons (Fsp3) is 0.533. The molecule has 0 aromatic heterocycles. The first-order valence-corrected chi connectivity index (χ1v) is 6.29. The van der Waals surface area contributed by atoms with Gasteiger partial charge in [-0.05, 0) is 35.8 Å². The highest BCUT2D eigenvalue weighted by molar-refractivity contribution is 5.67. The molecule has 0 saturated carbocycles. The highest BCUT2D eigenvalue weighted by atomic mass is 16.4. The zero-order valence-electron chi connectivity index (χ0n) is 10.9. The Kier molecular flexibility index (Phi) is 5.20. The average Bonchev–Trinajstić information content (AvgIpc) is 2.26. The van der Waals surface area contributed by atoms with Crippen LogP contribution >= 0.6 is 0 Å². The summed E-state index contributed by atoms with van der Waals surface area (Å²) >= 11 is 0. The molecule has 0 fully saturated rings. The van der Waals surface area contributed by atoms with Crippen molar-refractivity contribution in [2.45, 2.75) is 46.0 Å². The second-order valence-electron chi connectivity index (χ2n) is 5.17. The minimum atomic E-state index is -0.735. The maximum absolute atomic E-state index is 10.6. The SMILES string of the molecule is CC(C)CCc1ccc(C(C)CC(=O)O)cc1. The molecular weight excluding hydrogens is 212 g/mol. The number of carbonyl (C=O) groups is 1. The van der Waals surface area contributed by atoms with Crippen LogP contribution in [0.25, 0.3) is 0 Å². The van der Waals surface area contributed by atoms with Gasteiger partial charge < -0.3 is 5.11 Å². The molecule has 0 spiro atoms. The summed E-state index contributed by atoms with van der Waals surface area (Å²) in [6.07, 6.45) is 2.50. The van der Waals surface area contributed by atoms with Crippen molar-refractivity contribution in [1.29, 1.82) is 0 Å². The topological polar surface area (TPSA) is 37.3 Å². The number of rotatable bonds is 6. The molecule has 1 rings (SSSR count). The molecule has 1 N–H and O–H groups in total. The molecule has 0 radical (unpaired) electrons. The van der Waals surface area contributed by atoms with Gasteiger partial charge in [0.1, 0.15) is 0 Å². The van der Waals surface area contributed by atoms with Gasteiger partial charge in [0.2, 0.25) is 0 Å². The van der Waals surface area contributed by atoms with Gasteiger partial charge in [-0.25, -0.2) is 0 Å². The molecule has 0 aliphatic rings. The van der Waals surface area contributed by atoms with E-state index in [9.17, 15) is 4.79 Å². The molecule has 2 heteroatoms. The fourth-order valence-electron chi connectivity index (χ4n) is 1.85. The van der Waals surface area contributed by atoms with E-state index in [0.717, 1.165) is 17.9 Å². The third-order valence-corrected chi connectivity index (χ3v) is 3.04. The molecule has 0 bridgehead atoms. The number of carboxylic acids is 1. The van der Waals surface area contributed by atoms with Gasteiger partial charge in [-0.15, -0.1) is 0 Å². The predicted molar refractivity (Wildman–Crippen MR) is 70.3 cm³/mol. The summed E-state index contributed by atoms with van der Waals surface area (Å²) in [4.78, 5) is 10.6. The number of benzene rings is 1. The second-order valence-corrected chi connectivity index (χ2v) is 5.17. The van der Waals surface area contributed by atoms with Gasteiger partial charge in [-0.2, -0.15) is 0 Å². The molecule has 17 heavy (non-hydrogen) atoms. The Balaban J connectivity index is 2.58. The highest BCUT2D eigenvalue weighted by Gasteiger charge is 2.09. The maximum atomic E-state index is 10.6. The molecule has 0 amide bonds. The van der Waals surface area contributed by atoms with Crippen LogP contribution in [0.1, 0.15) is 50.7 Å². The first kappa shape index (κ1) is 13.8. The maximum Gasteiger partial charge on any atom is 0.303 e. The molecule has 1 aromatic carbocycles. The molecule has 1 aromatic rings. The molecule has 0 saturated heterocycles. The lowest BCUT2D eigenvalue weighted by molar-refractivity contribution is -0.137. The zero-order valence-corrected chi connectivity index (χ0v) is 10.9. The zero-order chi connectivity index (χ0) is 12.8. The van der Waals surface area contributed by atoms with Crippen LogP contribution in [0.2, 0.25) is 0 Å². The Hall–Kier alpha value is -1.31. The first-order chi connectivity index (χ1) is 7.99. The number of hydrogen-bond donors (Lipinski definition) is 1. The monoisotopic (exact) mass is 234 g/mol. The lowest BCUT2D eigenvalue weighted by Crippen LogP contribution is -2.03. The van der Waals surface area contributed by atoms with Gasteiger partial charge in [-0.1, -0.05) is 45.0 Å². The summed E-state index contributed by atoms with van der Waals surface area (Å²) in [5.41, 5.74) is 2.45. The number of aliphatic carboxylic acids is 1. The van der Waals surface area contributed by atoms with Crippen LogP contribution in [0, 0.1) is 5.92 Å². The summed E-state index contributed by atoms with van der Waals surface area (Å²) in [5.74, 6) is 0.0774. The largest absolute Gasteiger partial charge is 0.481 e. The van der Waals surface area contributed by atoms with E-state index >= 15 is 0 Å². The predicted octanol–water partition coefficient (Wildman–Crippen LogP) is 3.85. The minimum absolute atomic E-state index is 0.0895. The molecule has 0 heterocycles. The van der Waals surface area contributed by atoms with Crippen molar-refractivity contribution in [3.8, 4) is 0 Å². The van der Waals surface area contributed by atoms with Gasteiger partial charge in [0.05, 0.1) is 6.42 Å². The Morgan fingerprint density at radius 3 is 2.24 bits per heavy atom. The van der Waals surface area contributed by atoms with E-state index in [1.807, 2.05) is 6.92 Å². The molecule has 0 aliphatic carbocycles. The van der Waals surface area contributed by atoms with E-state index < -0.39 is 5.97 Å². The standard InChI is InChI=1S/C15H22O2/c1-11(2)4-5-13-6-8-14(9-7-13)12(3)10-15(16)17/h6-9,11-12H,4-5,10H2,1-3H3,(H,16,17). The van der Waals surface area contributed by atoms with E-state index in [1.54, 1.807) is 0 Å². The van der Waals surface area contributed by atoms with Crippen molar-refractivity contribution in [1.82, 2.24) is 0 Å². The van der Waals surface area contributed by atoms with E-state index in [-0.39, 0.29) is 12.3 Å². The van der Waals surface area contributed by atoms with Crippen molar-refractivity contribution >= 4 is 5.97 Å². The van der Waals surface area contributed by atoms with Gasteiger partial charge in [0.25, 0.3) is 0 Å². The molecule has 1 atom stereocenters. The van der Waals surface area contributed by atoms with E-state index in [2.05, 4.69) is 38.1 Å². The van der Waals surface area contributed by atoms with Crippen molar-refractivity contribution in [2.24, 2.45) is 5.92 Å². The molecule has 94 valence electrons. The lowest BCUT2D eigenvalue weighted by Gasteiger charge is -2.10. The fourth-order valence-corrected chi connectivity index (χ4v) is 1.85. The Bertz CT molecular complexity index is 352. The van der Waals surface area contributed by atoms with Crippen LogP contribution in [0.4, 0.5) is 0 Å². The van der Waals surface area contributed by atoms with Crippen LogP contribution in [0.3, 0.4) is 0 Å². The van der Waals surface area contributed by atoms with Crippen molar-refractivity contribution < 1.29 is 9.90 Å². The van der Waals surface area contributed by atoms with Gasteiger partial charge in [0.15, 0.2) is 0 Å². The number of hydrogen-bond acceptors (Lipinski definition) is 1. The average molecular weight is 234 g/mol. The van der Waals surface area contributed by atoms with Gasteiger partial charge in [0, 0.05) is 0 Å². The van der Waals surface area contributed by atoms with E-state index in [4.69, 9.17) is 5.11 Å². The van der Waals surface area contributed by atoms with Crippen LogP contribution in [0.5, 0.6) is 0 Å². The molecular formula is C15H22O2. The minimum Gasteiger partial charge on any atom is -0.481 e. The van der Waals surface area contributed by atoms with Crippen molar-refractivity contribution in [2.75, 3.05) is 0 Å². The van der Waals surface area contributed by atoms with Crippen LogP contribution in [0.15, 0.2) is 24.3 Å². The molecule has 0 aliphatic heterocycles. The summed E-state index contributed by atoms with van der Waals surface area (Å²) in [7, 11) is 0. The van der Waals surface area contributed by atoms with E-state index in [1.165, 1.54) is 12.0 Å². The van der Waals surface area contributed by atoms with Gasteiger partial charge >= 0.3 is 5.97 Å². The molecule has 2 nitrogen and oxygen atoms in total. The summed E-state index contributed by atoms with van der Waals surface area (Å²) in [6.45, 7) is 6.41. The summed E-state index contributed by atoms with van der Waals surface area (Å²) in [5, 5.41) is 8.75. The van der Waals surface area contributed by atoms with Crippen LogP contribution in [-0.4, -0.2) is 11.1 Å². The third kappa shape index (κ3) is 5.03.